The molecule has 8 nitrogen and oxygen atoms in total. The van der Waals surface area contributed by atoms with Gasteiger partial charge in [-0.2, -0.15) is 0 Å². The molecule has 1 amide bonds. The largest absolute Gasteiger partial charge is 0.351 e. The number of rotatable bonds is 5. The number of H-pyrrole nitrogens is 1. The van der Waals surface area contributed by atoms with E-state index in [1.165, 1.54) is 10.6 Å². The summed E-state index contributed by atoms with van der Waals surface area (Å²) in [5.41, 5.74) is 0.277. The van der Waals surface area contributed by atoms with Crippen LogP contribution < -0.4 is 11.0 Å². The van der Waals surface area contributed by atoms with Gasteiger partial charge in [0.25, 0.3) is 5.91 Å². The normalized spacial score (nSPS) is 11.0. The number of fused-ring (bicyclic) bond motifs is 1. The predicted molar refractivity (Wildman–Crippen MR) is 79.7 cm³/mol. The Hall–Kier alpha value is -2.90. The van der Waals surface area contributed by atoms with Crippen LogP contribution in [0.4, 0.5) is 0 Å². The van der Waals surface area contributed by atoms with Gasteiger partial charge < -0.3 is 14.9 Å². The van der Waals surface area contributed by atoms with Crippen LogP contribution in [0.2, 0.25) is 0 Å². The first-order valence-corrected chi connectivity index (χ1v) is 6.97. The van der Waals surface area contributed by atoms with Crippen LogP contribution in [0.15, 0.2) is 35.6 Å². The molecule has 0 atom stereocenters. The zero-order valence-electron chi connectivity index (χ0n) is 12.1. The highest BCUT2D eigenvalue weighted by Crippen LogP contribution is 2.00. The van der Waals surface area contributed by atoms with Crippen LogP contribution in [0.25, 0.3) is 5.65 Å². The van der Waals surface area contributed by atoms with E-state index in [0.29, 0.717) is 12.2 Å². The minimum atomic E-state index is -0.380. The molecule has 3 heterocycles. The van der Waals surface area contributed by atoms with Crippen LogP contribution in [0.3, 0.4) is 0 Å². The molecule has 114 valence electrons. The second-order valence-electron chi connectivity index (χ2n) is 4.92. The molecule has 8 heteroatoms. The number of amides is 1. The highest BCUT2D eigenvalue weighted by Gasteiger charge is 2.09. The Balaban J connectivity index is 1.59. The van der Waals surface area contributed by atoms with Gasteiger partial charge in [-0.25, -0.2) is 14.8 Å². The third kappa shape index (κ3) is 2.76. The number of carbonyl (C=O) groups is 1. The van der Waals surface area contributed by atoms with Crippen LogP contribution in [-0.4, -0.2) is 36.4 Å². The highest BCUT2D eigenvalue weighted by molar-refractivity contribution is 5.92. The molecule has 3 aromatic rings. The van der Waals surface area contributed by atoms with Crippen molar-refractivity contribution in [1.82, 2.24) is 29.2 Å². The van der Waals surface area contributed by atoms with E-state index in [-0.39, 0.29) is 17.3 Å². The van der Waals surface area contributed by atoms with Crippen molar-refractivity contribution in [2.24, 2.45) is 0 Å². The van der Waals surface area contributed by atoms with Gasteiger partial charge in [0, 0.05) is 43.9 Å². The predicted octanol–water partition coefficient (Wildman–Crippen LogP) is 0.348. The molecule has 0 fully saturated rings. The summed E-state index contributed by atoms with van der Waals surface area (Å²) >= 11 is 0. The van der Waals surface area contributed by atoms with Crippen molar-refractivity contribution < 1.29 is 4.79 Å². The lowest BCUT2D eigenvalue weighted by molar-refractivity contribution is 0.0947. The molecule has 0 bridgehead atoms. The number of aryl methyl sites for hydroxylation is 2. The fourth-order valence-corrected chi connectivity index (χ4v) is 2.24. The lowest BCUT2D eigenvalue weighted by Crippen LogP contribution is -2.29. The fourth-order valence-electron chi connectivity index (χ4n) is 2.24. The Morgan fingerprint density at radius 2 is 2.14 bits per heavy atom. The average molecular weight is 300 g/mol. The molecule has 0 aromatic carbocycles. The van der Waals surface area contributed by atoms with Gasteiger partial charge in [-0.3, -0.25) is 9.20 Å². The molecule has 0 saturated heterocycles. The number of aromatic nitrogens is 5. The molecular weight excluding hydrogens is 284 g/mol. The summed E-state index contributed by atoms with van der Waals surface area (Å²) in [6, 6.07) is 1.55. The second kappa shape index (κ2) is 5.84. The number of nitrogens with one attached hydrogen (secondary N) is 2. The molecule has 3 rings (SSSR count). The maximum atomic E-state index is 12.1. The summed E-state index contributed by atoms with van der Waals surface area (Å²) in [4.78, 5) is 34.5. The van der Waals surface area contributed by atoms with Crippen molar-refractivity contribution in [2.75, 3.05) is 6.54 Å². The number of hydrogen-bond donors (Lipinski definition) is 2. The van der Waals surface area contributed by atoms with Crippen LogP contribution in [0, 0.1) is 6.92 Å². The minimum absolute atomic E-state index is 0.211. The molecule has 2 N–H and O–H groups in total. The first-order chi connectivity index (χ1) is 10.6. The first-order valence-electron chi connectivity index (χ1n) is 6.97. The van der Waals surface area contributed by atoms with Gasteiger partial charge in [0.05, 0.1) is 0 Å². The van der Waals surface area contributed by atoms with Crippen LogP contribution >= 0.6 is 0 Å². The van der Waals surface area contributed by atoms with Gasteiger partial charge in [0.15, 0.2) is 0 Å². The van der Waals surface area contributed by atoms with Crippen LogP contribution in [-0.2, 0) is 6.54 Å². The molecule has 0 aliphatic carbocycles. The number of carbonyl (C=O) groups excluding carboxylic acids is 1. The third-order valence-electron chi connectivity index (χ3n) is 3.43. The SMILES string of the molecule is Cc1nccn1CCCNC(=O)c1cc2nccn2c(=O)[nH]1. The van der Waals surface area contributed by atoms with E-state index < -0.39 is 0 Å². The number of aromatic amines is 1. The van der Waals surface area contributed by atoms with Gasteiger partial charge in [-0.05, 0) is 13.3 Å². The Morgan fingerprint density at radius 1 is 1.32 bits per heavy atom. The van der Waals surface area contributed by atoms with E-state index in [9.17, 15) is 9.59 Å². The monoisotopic (exact) mass is 300 g/mol. The molecular formula is C14H16N6O2. The Labute approximate surface area is 125 Å². The fraction of sp³-hybridized carbons (Fsp3) is 0.286. The summed E-state index contributed by atoms with van der Waals surface area (Å²) in [7, 11) is 0. The van der Waals surface area contributed by atoms with Gasteiger partial charge >= 0.3 is 5.69 Å². The molecule has 0 spiro atoms. The maximum Gasteiger partial charge on any atom is 0.331 e. The Bertz CT molecular complexity index is 859. The quantitative estimate of drug-likeness (QED) is 0.664. The summed E-state index contributed by atoms with van der Waals surface area (Å²) in [6.07, 6.45) is 7.49. The summed E-state index contributed by atoms with van der Waals surface area (Å²) < 4.78 is 3.36. The number of hydrogen-bond acceptors (Lipinski definition) is 4. The second-order valence-corrected chi connectivity index (χ2v) is 4.92. The van der Waals surface area contributed by atoms with Crippen molar-refractivity contribution in [1.29, 1.82) is 0 Å². The van der Waals surface area contributed by atoms with E-state index in [4.69, 9.17) is 0 Å². The molecule has 0 aliphatic rings. The molecule has 0 saturated carbocycles. The summed E-state index contributed by atoms with van der Waals surface area (Å²) in [6.45, 7) is 3.23. The molecule has 0 aliphatic heterocycles. The first kappa shape index (κ1) is 14.1. The van der Waals surface area contributed by atoms with Crippen molar-refractivity contribution in [3.05, 3.63) is 52.9 Å². The average Bonchev–Trinajstić information content (AvgIpc) is 3.12. The van der Waals surface area contributed by atoms with Crippen molar-refractivity contribution in [2.45, 2.75) is 19.9 Å². The molecule has 0 unspecified atom stereocenters. The van der Waals surface area contributed by atoms with Gasteiger partial charge in [0.2, 0.25) is 0 Å². The minimum Gasteiger partial charge on any atom is -0.351 e. The standard InChI is InChI=1S/C14H16N6O2/c1-10-15-4-7-19(10)6-2-3-17-13(21)11-9-12-16-5-8-20(12)14(22)18-11/h4-5,7-9H,2-3,6H2,1H3,(H,17,21)(H,18,22). The zero-order valence-corrected chi connectivity index (χ0v) is 12.1. The van der Waals surface area contributed by atoms with Gasteiger partial charge in [0.1, 0.15) is 17.2 Å². The van der Waals surface area contributed by atoms with E-state index in [2.05, 4.69) is 20.3 Å². The number of imidazole rings is 2. The molecule has 0 radical (unpaired) electrons. The van der Waals surface area contributed by atoms with Gasteiger partial charge in [-0.15, -0.1) is 0 Å². The molecule has 22 heavy (non-hydrogen) atoms. The topological polar surface area (TPSA) is 97.1 Å². The van der Waals surface area contributed by atoms with E-state index in [1.807, 2.05) is 17.7 Å². The third-order valence-corrected chi connectivity index (χ3v) is 3.43. The molecule has 3 aromatic heterocycles. The lowest BCUT2D eigenvalue weighted by atomic mass is 10.3. The van der Waals surface area contributed by atoms with Gasteiger partial charge in [-0.1, -0.05) is 0 Å². The van der Waals surface area contributed by atoms with Crippen LogP contribution in [0.1, 0.15) is 22.7 Å². The summed E-state index contributed by atoms with van der Waals surface area (Å²) in [5, 5.41) is 2.79. The number of nitrogens with zero attached hydrogens (tertiary/aromatic N) is 4. The Morgan fingerprint density at radius 3 is 2.91 bits per heavy atom. The summed E-state index contributed by atoms with van der Waals surface area (Å²) in [5.74, 6) is 0.630. The highest BCUT2D eigenvalue weighted by atomic mass is 16.2. The van der Waals surface area contributed by atoms with E-state index in [0.717, 1.165) is 18.8 Å². The van der Waals surface area contributed by atoms with E-state index >= 15 is 0 Å². The van der Waals surface area contributed by atoms with Crippen molar-refractivity contribution in [3.63, 3.8) is 0 Å². The van der Waals surface area contributed by atoms with Crippen LogP contribution in [0.5, 0.6) is 0 Å². The zero-order chi connectivity index (χ0) is 15.5. The maximum absolute atomic E-state index is 12.1. The van der Waals surface area contributed by atoms with Crippen molar-refractivity contribution in [3.8, 4) is 0 Å². The smallest absolute Gasteiger partial charge is 0.331 e. The van der Waals surface area contributed by atoms with E-state index in [1.54, 1.807) is 18.5 Å². The lowest BCUT2D eigenvalue weighted by Gasteiger charge is -2.07. The van der Waals surface area contributed by atoms with Crippen molar-refractivity contribution >= 4 is 11.6 Å². The Kier molecular flexibility index (Phi) is 3.73.